The molecule has 0 bridgehead atoms. The Kier molecular flexibility index (Phi) is 8.03. The average Bonchev–Trinajstić information content (AvgIpc) is 2.74. The lowest BCUT2D eigenvalue weighted by Crippen LogP contribution is -2.56. The van der Waals surface area contributed by atoms with Crippen LogP contribution in [0.3, 0.4) is 0 Å². The number of pyridine rings is 1. The molecule has 0 aromatic carbocycles. The van der Waals surface area contributed by atoms with E-state index in [2.05, 4.69) is 31.5 Å². The number of likely N-dealkylation sites (N-methyl/N-ethyl adjacent to an activating group) is 1. The van der Waals surface area contributed by atoms with Crippen molar-refractivity contribution >= 4 is 17.4 Å². The van der Waals surface area contributed by atoms with Gasteiger partial charge in [-0.1, -0.05) is 6.08 Å². The molecule has 4 N–H and O–H groups in total. The molecule has 1 aromatic rings. The van der Waals surface area contributed by atoms with E-state index in [0.717, 1.165) is 45.1 Å². The number of rotatable bonds is 9. The maximum absolute atomic E-state index is 12.8. The summed E-state index contributed by atoms with van der Waals surface area (Å²) in [5.74, 6) is 0.554. The smallest absolute Gasteiger partial charge is 0.270 e. The zero-order chi connectivity index (χ0) is 21.5. The van der Waals surface area contributed by atoms with Crippen molar-refractivity contribution in [2.75, 3.05) is 69.7 Å². The predicted octanol–water partition coefficient (Wildman–Crippen LogP) is 0.271. The van der Waals surface area contributed by atoms with Crippen molar-refractivity contribution in [2.24, 2.45) is 5.73 Å². The third-order valence-electron chi connectivity index (χ3n) is 5.83. The van der Waals surface area contributed by atoms with E-state index in [9.17, 15) is 4.79 Å². The molecule has 1 atom stereocenters. The first-order chi connectivity index (χ1) is 14.5. The summed E-state index contributed by atoms with van der Waals surface area (Å²) >= 11 is 0. The Balaban J connectivity index is 1.53. The van der Waals surface area contributed by atoms with Crippen LogP contribution < -0.4 is 21.3 Å². The Bertz CT molecular complexity index is 713. The maximum Gasteiger partial charge on any atom is 0.270 e. The molecule has 2 aliphatic rings. The molecular weight excluding hydrogens is 382 g/mol. The maximum atomic E-state index is 12.8. The van der Waals surface area contributed by atoms with Gasteiger partial charge in [-0.2, -0.15) is 0 Å². The fourth-order valence-electron chi connectivity index (χ4n) is 3.61. The van der Waals surface area contributed by atoms with Gasteiger partial charge in [0, 0.05) is 46.3 Å². The number of nitrogens with one attached hydrogen (secondary N) is 2. The summed E-state index contributed by atoms with van der Waals surface area (Å²) in [5, 5.41) is 6.36. The van der Waals surface area contributed by atoms with Crippen LogP contribution in [-0.4, -0.2) is 92.4 Å². The van der Waals surface area contributed by atoms with Crippen molar-refractivity contribution in [3.8, 4) is 0 Å². The summed E-state index contributed by atoms with van der Waals surface area (Å²) in [6.45, 7) is 10.8. The van der Waals surface area contributed by atoms with Gasteiger partial charge in [0.15, 0.2) is 0 Å². The minimum Gasteiger partial charge on any atom is -0.378 e. The standard InChI is InChI=1S/C21H35N7O2/c1-4-19(21(29)26(3)16(2)23-8-7-22)25-20-6-5-17(13-24-20)27-9-11-28(12-10-27)18-14-30-15-18/h4-6,13,16,18,23H,7-12,14-15,22H2,1-3H3,(H,24,25)/b19-4+. The van der Waals surface area contributed by atoms with Crippen molar-refractivity contribution in [3.63, 3.8) is 0 Å². The summed E-state index contributed by atoms with van der Waals surface area (Å²) in [4.78, 5) is 23.8. The second kappa shape index (κ2) is 10.7. The average molecular weight is 418 g/mol. The van der Waals surface area contributed by atoms with Gasteiger partial charge in [-0.15, -0.1) is 0 Å². The normalized spacial score (nSPS) is 19.3. The molecule has 1 amide bonds. The van der Waals surface area contributed by atoms with Gasteiger partial charge in [0.25, 0.3) is 5.91 Å². The second-order valence-electron chi connectivity index (χ2n) is 7.78. The van der Waals surface area contributed by atoms with Gasteiger partial charge in [0.05, 0.1) is 37.3 Å². The van der Waals surface area contributed by atoms with E-state index in [-0.39, 0.29) is 12.1 Å². The van der Waals surface area contributed by atoms with Gasteiger partial charge < -0.3 is 25.6 Å². The number of piperazine rings is 1. The van der Waals surface area contributed by atoms with Crippen LogP contribution in [0.2, 0.25) is 0 Å². The number of carbonyl (C=O) groups excluding carboxylic acids is 1. The highest BCUT2D eigenvalue weighted by molar-refractivity contribution is 5.96. The van der Waals surface area contributed by atoms with Crippen LogP contribution in [0, 0.1) is 0 Å². The number of ether oxygens (including phenoxy) is 1. The van der Waals surface area contributed by atoms with Crippen LogP contribution in [0.4, 0.5) is 11.5 Å². The first-order valence-electron chi connectivity index (χ1n) is 10.7. The highest BCUT2D eigenvalue weighted by Gasteiger charge is 2.29. The van der Waals surface area contributed by atoms with Crippen LogP contribution in [0.5, 0.6) is 0 Å². The van der Waals surface area contributed by atoms with Crippen LogP contribution in [-0.2, 0) is 9.53 Å². The van der Waals surface area contributed by atoms with Crippen LogP contribution in [0.15, 0.2) is 30.1 Å². The Hall–Kier alpha value is -2.20. The van der Waals surface area contributed by atoms with E-state index in [1.54, 1.807) is 18.0 Å². The molecule has 0 saturated carbocycles. The number of anilines is 2. The molecule has 0 spiro atoms. The van der Waals surface area contributed by atoms with Gasteiger partial charge >= 0.3 is 0 Å². The van der Waals surface area contributed by atoms with Crippen LogP contribution in [0.25, 0.3) is 0 Å². The zero-order valence-electron chi connectivity index (χ0n) is 18.3. The molecule has 2 aliphatic heterocycles. The van der Waals surface area contributed by atoms with Crippen molar-refractivity contribution in [1.82, 2.24) is 20.1 Å². The van der Waals surface area contributed by atoms with E-state index in [4.69, 9.17) is 10.5 Å². The van der Waals surface area contributed by atoms with E-state index in [1.807, 2.05) is 26.1 Å². The summed E-state index contributed by atoms with van der Waals surface area (Å²) in [5.41, 5.74) is 7.13. The van der Waals surface area contributed by atoms with E-state index < -0.39 is 0 Å². The highest BCUT2D eigenvalue weighted by atomic mass is 16.5. The number of aromatic nitrogens is 1. The van der Waals surface area contributed by atoms with Crippen molar-refractivity contribution in [3.05, 3.63) is 30.1 Å². The van der Waals surface area contributed by atoms with E-state index >= 15 is 0 Å². The molecule has 9 nitrogen and oxygen atoms in total. The number of nitrogens with zero attached hydrogens (tertiary/aromatic N) is 4. The lowest BCUT2D eigenvalue weighted by molar-refractivity contribution is -0.128. The topological polar surface area (TPSA) is 99.0 Å². The molecule has 30 heavy (non-hydrogen) atoms. The number of hydrogen-bond donors (Lipinski definition) is 3. The van der Waals surface area contributed by atoms with Gasteiger partial charge in [0.1, 0.15) is 11.5 Å². The molecule has 166 valence electrons. The van der Waals surface area contributed by atoms with Gasteiger partial charge in [-0.3, -0.25) is 15.0 Å². The molecule has 3 rings (SSSR count). The number of hydrogen-bond acceptors (Lipinski definition) is 8. The number of nitrogens with two attached hydrogens (primary N) is 1. The molecule has 0 aliphatic carbocycles. The van der Waals surface area contributed by atoms with Crippen molar-refractivity contribution in [2.45, 2.75) is 26.1 Å². The Morgan fingerprint density at radius 2 is 2.10 bits per heavy atom. The third kappa shape index (κ3) is 5.48. The summed E-state index contributed by atoms with van der Waals surface area (Å²) < 4.78 is 5.30. The first kappa shape index (κ1) is 22.5. The number of allylic oxidation sites excluding steroid dienone is 1. The lowest BCUT2D eigenvalue weighted by Gasteiger charge is -2.43. The first-order valence-corrected chi connectivity index (χ1v) is 10.7. The predicted molar refractivity (Wildman–Crippen MR) is 119 cm³/mol. The molecule has 9 heteroatoms. The highest BCUT2D eigenvalue weighted by Crippen LogP contribution is 2.20. The van der Waals surface area contributed by atoms with Crippen molar-refractivity contribution in [1.29, 1.82) is 0 Å². The zero-order valence-corrected chi connectivity index (χ0v) is 18.3. The molecule has 3 heterocycles. The minimum atomic E-state index is -0.113. The lowest BCUT2D eigenvalue weighted by atomic mass is 10.2. The number of carbonyl (C=O) groups is 1. The van der Waals surface area contributed by atoms with Gasteiger partial charge in [-0.25, -0.2) is 4.98 Å². The minimum absolute atomic E-state index is 0.100. The fraction of sp³-hybridized carbons (Fsp3) is 0.619. The van der Waals surface area contributed by atoms with Crippen molar-refractivity contribution < 1.29 is 9.53 Å². The Morgan fingerprint density at radius 3 is 2.63 bits per heavy atom. The van der Waals surface area contributed by atoms with Crippen LogP contribution in [0.1, 0.15) is 13.8 Å². The monoisotopic (exact) mass is 417 g/mol. The summed E-state index contributed by atoms with van der Waals surface area (Å²) in [6.07, 6.45) is 3.53. The Labute approximate surface area is 179 Å². The molecule has 2 saturated heterocycles. The number of amides is 1. The quantitative estimate of drug-likeness (QED) is 0.389. The summed E-state index contributed by atoms with van der Waals surface area (Å²) in [7, 11) is 1.77. The van der Waals surface area contributed by atoms with Gasteiger partial charge in [-0.05, 0) is 26.0 Å². The molecule has 0 radical (unpaired) electrons. The van der Waals surface area contributed by atoms with E-state index in [1.165, 1.54) is 0 Å². The molecular formula is C21H35N7O2. The third-order valence-corrected chi connectivity index (χ3v) is 5.83. The summed E-state index contributed by atoms with van der Waals surface area (Å²) in [6, 6.07) is 4.58. The van der Waals surface area contributed by atoms with Gasteiger partial charge in [0.2, 0.25) is 0 Å². The molecule has 2 fully saturated rings. The fourth-order valence-corrected chi connectivity index (χ4v) is 3.61. The van der Waals surface area contributed by atoms with E-state index in [0.29, 0.717) is 30.6 Å². The SMILES string of the molecule is C/C=C(/Nc1ccc(N2CCN(C3COC3)CC2)cn1)C(=O)N(C)C(C)NCCN. The molecule has 1 aromatic heterocycles. The Morgan fingerprint density at radius 1 is 1.37 bits per heavy atom. The second-order valence-corrected chi connectivity index (χ2v) is 7.78. The molecule has 1 unspecified atom stereocenters. The largest absolute Gasteiger partial charge is 0.378 e. The van der Waals surface area contributed by atoms with Crippen LogP contribution >= 0.6 is 0 Å².